The van der Waals surface area contributed by atoms with Gasteiger partial charge in [-0.1, -0.05) is 44.4 Å². The normalized spacial score (nSPS) is 20.1. The second-order valence-corrected chi connectivity index (χ2v) is 5.98. The average molecular weight is 220 g/mol. The molecule has 15 heavy (non-hydrogen) atoms. The van der Waals surface area contributed by atoms with Gasteiger partial charge in [-0.15, -0.1) is 11.8 Å². The Labute approximate surface area is 97.5 Å². The van der Waals surface area contributed by atoms with Crippen molar-refractivity contribution in [1.29, 1.82) is 0 Å². The Bertz CT molecular complexity index is 275. The summed E-state index contributed by atoms with van der Waals surface area (Å²) in [4.78, 5) is 1.43. The number of hydrogen-bond donors (Lipinski definition) is 0. The number of rotatable bonds is 3. The van der Waals surface area contributed by atoms with Crippen LogP contribution in [0.3, 0.4) is 0 Å². The third kappa shape index (κ3) is 3.27. The first kappa shape index (κ1) is 11.1. The molecule has 0 heterocycles. The molecular weight excluding hydrogens is 200 g/mol. The second kappa shape index (κ2) is 5.60. The highest BCUT2D eigenvalue weighted by molar-refractivity contribution is 8.00. The van der Waals surface area contributed by atoms with Gasteiger partial charge in [-0.3, -0.25) is 0 Å². The standard InChI is InChI=1S/C14H20S/c1-12(13-8-4-2-5-9-13)15-14-10-6-3-7-11-14/h3,6-7,10-13H,2,4-5,8-9H2,1H3. The maximum atomic E-state index is 2.40. The zero-order valence-electron chi connectivity index (χ0n) is 9.49. The van der Waals surface area contributed by atoms with E-state index in [1.165, 1.54) is 37.0 Å². The van der Waals surface area contributed by atoms with E-state index in [1.807, 2.05) is 0 Å². The summed E-state index contributed by atoms with van der Waals surface area (Å²) in [5.41, 5.74) is 0. The van der Waals surface area contributed by atoms with Crippen molar-refractivity contribution in [2.24, 2.45) is 5.92 Å². The summed E-state index contributed by atoms with van der Waals surface area (Å²) in [6.45, 7) is 2.40. The quantitative estimate of drug-likeness (QED) is 0.663. The van der Waals surface area contributed by atoms with Crippen molar-refractivity contribution in [3.05, 3.63) is 30.3 Å². The van der Waals surface area contributed by atoms with E-state index in [9.17, 15) is 0 Å². The van der Waals surface area contributed by atoms with Crippen molar-refractivity contribution >= 4 is 11.8 Å². The van der Waals surface area contributed by atoms with Gasteiger partial charge in [-0.25, -0.2) is 0 Å². The van der Waals surface area contributed by atoms with Crippen LogP contribution in [0.25, 0.3) is 0 Å². The predicted molar refractivity (Wildman–Crippen MR) is 68.3 cm³/mol. The lowest BCUT2D eigenvalue weighted by atomic mass is 9.87. The SMILES string of the molecule is CC(Sc1ccccc1)C1CCCCC1. The predicted octanol–water partition coefficient (Wildman–Crippen LogP) is 4.75. The highest BCUT2D eigenvalue weighted by Crippen LogP contribution is 2.35. The van der Waals surface area contributed by atoms with Gasteiger partial charge in [0.15, 0.2) is 0 Å². The van der Waals surface area contributed by atoms with E-state index in [-0.39, 0.29) is 0 Å². The Morgan fingerprint density at radius 1 is 1.07 bits per heavy atom. The number of benzene rings is 1. The third-order valence-corrected chi connectivity index (χ3v) is 4.68. The van der Waals surface area contributed by atoms with E-state index in [0.29, 0.717) is 0 Å². The Morgan fingerprint density at radius 2 is 1.73 bits per heavy atom. The molecule has 0 amide bonds. The topological polar surface area (TPSA) is 0 Å². The first-order valence-electron chi connectivity index (χ1n) is 6.08. The van der Waals surface area contributed by atoms with Crippen molar-refractivity contribution in [2.45, 2.75) is 49.2 Å². The van der Waals surface area contributed by atoms with Crippen LogP contribution in [0.1, 0.15) is 39.0 Å². The van der Waals surface area contributed by atoms with Crippen LogP contribution in [0.2, 0.25) is 0 Å². The van der Waals surface area contributed by atoms with E-state index >= 15 is 0 Å². The van der Waals surface area contributed by atoms with Crippen LogP contribution >= 0.6 is 11.8 Å². The molecule has 82 valence electrons. The lowest BCUT2D eigenvalue weighted by Gasteiger charge is -2.27. The summed E-state index contributed by atoms with van der Waals surface area (Å²) in [6, 6.07) is 10.8. The Kier molecular flexibility index (Phi) is 4.13. The van der Waals surface area contributed by atoms with Crippen LogP contribution in [0.4, 0.5) is 0 Å². The van der Waals surface area contributed by atoms with Gasteiger partial charge in [-0.05, 0) is 30.9 Å². The number of thioether (sulfide) groups is 1. The molecule has 0 N–H and O–H groups in total. The minimum absolute atomic E-state index is 0.785. The van der Waals surface area contributed by atoms with Crippen LogP contribution in [0, 0.1) is 5.92 Å². The van der Waals surface area contributed by atoms with Gasteiger partial charge in [0.05, 0.1) is 0 Å². The maximum Gasteiger partial charge on any atom is 0.00943 e. The summed E-state index contributed by atoms with van der Waals surface area (Å²) >= 11 is 2.05. The molecule has 1 fully saturated rings. The van der Waals surface area contributed by atoms with Crippen molar-refractivity contribution in [3.63, 3.8) is 0 Å². The molecule has 2 rings (SSSR count). The molecule has 0 bridgehead atoms. The van der Waals surface area contributed by atoms with Crippen molar-refractivity contribution in [3.8, 4) is 0 Å². The van der Waals surface area contributed by atoms with Crippen molar-refractivity contribution in [2.75, 3.05) is 0 Å². The molecule has 1 atom stereocenters. The summed E-state index contributed by atoms with van der Waals surface area (Å²) in [5.74, 6) is 0.948. The van der Waals surface area contributed by atoms with Gasteiger partial charge in [0.25, 0.3) is 0 Å². The van der Waals surface area contributed by atoms with Gasteiger partial charge in [0.2, 0.25) is 0 Å². The Balaban J connectivity index is 1.88. The van der Waals surface area contributed by atoms with E-state index in [1.54, 1.807) is 0 Å². The zero-order chi connectivity index (χ0) is 10.5. The highest BCUT2D eigenvalue weighted by atomic mass is 32.2. The van der Waals surface area contributed by atoms with E-state index in [4.69, 9.17) is 0 Å². The lowest BCUT2D eigenvalue weighted by Crippen LogP contribution is -2.16. The van der Waals surface area contributed by atoms with Gasteiger partial charge in [-0.2, -0.15) is 0 Å². The van der Waals surface area contributed by atoms with Gasteiger partial charge >= 0.3 is 0 Å². The fraction of sp³-hybridized carbons (Fsp3) is 0.571. The van der Waals surface area contributed by atoms with Gasteiger partial charge in [0.1, 0.15) is 0 Å². The van der Waals surface area contributed by atoms with Gasteiger partial charge in [0, 0.05) is 10.1 Å². The van der Waals surface area contributed by atoms with Gasteiger partial charge < -0.3 is 0 Å². The van der Waals surface area contributed by atoms with Crippen molar-refractivity contribution in [1.82, 2.24) is 0 Å². The molecule has 1 aromatic carbocycles. The molecule has 1 unspecified atom stereocenters. The number of hydrogen-bond acceptors (Lipinski definition) is 1. The first-order chi connectivity index (χ1) is 7.36. The molecular formula is C14H20S. The van der Waals surface area contributed by atoms with Crippen LogP contribution in [-0.2, 0) is 0 Å². The van der Waals surface area contributed by atoms with E-state index < -0.39 is 0 Å². The molecule has 0 aromatic heterocycles. The largest absolute Gasteiger partial charge is 0.123 e. The van der Waals surface area contributed by atoms with E-state index in [2.05, 4.69) is 49.0 Å². The molecule has 1 saturated carbocycles. The van der Waals surface area contributed by atoms with Crippen molar-refractivity contribution < 1.29 is 0 Å². The summed E-state index contributed by atoms with van der Waals surface area (Å²) in [5, 5.41) is 0.785. The molecule has 0 radical (unpaired) electrons. The molecule has 0 spiro atoms. The fourth-order valence-electron chi connectivity index (χ4n) is 2.41. The van der Waals surface area contributed by atoms with E-state index in [0.717, 1.165) is 11.2 Å². The molecule has 0 saturated heterocycles. The minimum Gasteiger partial charge on any atom is -0.123 e. The first-order valence-corrected chi connectivity index (χ1v) is 6.96. The molecule has 0 nitrogen and oxygen atoms in total. The summed E-state index contributed by atoms with van der Waals surface area (Å²) < 4.78 is 0. The van der Waals surface area contributed by atoms with Crippen LogP contribution < -0.4 is 0 Å². The molecule has 1 aromatic rings. The molecule has 1 heteroatoms. The molecule has 1 aliphatic carbocycles. The van der Waals surface area contributed by atoms with Crippen LogP contribution in [-0.4, -0.2) is 5.25 Å². The average Bonchev–Trinajstić information content (AvgIpc) is 2.31. The molecule has 1 aliphatic rings. The second-order valence-electron chi connectivity index (χ2n) is 4.53. The Morgan fingerprint density at radius 3 is 2.40 bits per heavy atom. The minimum atomic E-state index is 0.785. The Hall–Kier alpha value is -0.430. The smallest absolute Gasteiger partial charge is 0.00943 e. The monoisotopic (exact) mass is 220 g/mol. The lowest BCUT2D eigenvalue weighted by molar-refractivity contribution is 0.357. The van der Waals surface area contributed by atoms with Crippen LogP contribution in [0.5, 0.6) is 0 Å². The maximum absolute atomic E-state index is 2.40. The third-order valence-electron chi connectivity index (χ3n) is 3.38. The van der Waals surface area contributed by atoms with Crippen LogP contribution in [0.15, 0.2) is 35.2 Å². The highest BCUT2D eigenvalue weighted by Gasteiger charge is 2.20. The summed E-state index contributed by atoms with van der Waals surface area (Å²) in [6.07, 6.45) is 7.25. The zero-order valence-corrected chi connectivity index (χ0v) is 10.3. The summed E-state index contributed by atoms with van der Waals surface area (Å²) in [7, 11) is 0. The molecule has 0 aliphatic heterocycles. The fourth-order valence-corrected chi connectivity index (χ4v) is 3.62.